The van der Waals surface area contributed by atoms with Crippen molar-refractivity contribution in [1.29, 1.82) is 0 Å². The fraction of sp³-hybridized carbons (Fsp3) is 0.385. The molecule has 6 heteroatoms. The summed E-state index contributed by atoms with van der Waals surface area (Å²) in [6.45, 7) is 2.07. The minimum absolute atomic E-state index is 0.139. The topological polar surface area (TPSA) is 87.7 Å². The molecule has 0 aliphatic heterocycles. The van der Waals surface area contributed by atoms with Gasteiger partial charge in [0.15, 0.2) is 0 Å². The maximum absolute atomic E-state index is 11.6. The van der Waals surface area contributed by atoms with E-state index in [4.69, 9.17) is 9.84 Å². The number of carboxylic acids is 1. The van der Waals surface area contributed by atoms with Crippen LogP contribution in [0.15, 0.2) is 24.3 Å². The lowest BCUT2D eigenvalue weighted by Crippen LogP contribution is -2.37. The van der Waals surface area contributed by atoms with E-state index in [-0.39, 0.29) is 13.0 Å². The Hall–Kier alpha value is -2.08. The number of aliphatic carboxylic acids is 1. The summed E-state index contributed by atoms with van der Waals surface area (Å²) in [4.78, 5) is 22.1. The number of methoxy groups -OCH3 is 1. The molecule has 19 heavy (non-hydrogen) atoms. The van der Waals surface area contributed by atoms with Crippen molar-refractivity contribution in [1.82, 2.24) is 5.32 Å². The van der Waals surface area contributed by atoms with Crippen LogP contribution in [0.3, 0.4) is 0 Å². The first-order chi connectivity index (χ1) is 9.01. The molecular formula is C13H18N2O4. The quantitative estimate of drug-likeness (QED) is 0.730. The predicted octanol–water partition coefficient (Wildman–Crippen LogP) is 1.61. The number of anilines is 1. The van der Waals surface area contributed by atoms with Crippen LogP contribution < -0.4 is 10.6 Å². The molecule has 2 amide bonds. The van der Waals surface area contributed by atoms with E-state index in [1.807, 2.05) is 25.1 Å². The van der Waals surface area contributed by atoms with Crippen molar-refractivity contribution in [3.63, 3.8) is 0 Å². The van der Waals surface area contributed by atoms with Crippen LogP contribution in [0.2, 0.25) is 0 Å². The molecule has 0 saturated heterocycles. The molecule has 1 aromatic carbocycles. The lowest BCUT2D eigenvalue weighted by atomic mass is 10.2. The van der Waals surface area contributed by atoms with Crippen molar-refractivity contribution in [2.24, 2.45) is 0 Å². The van der Waals surface area contributed by atoms with Crippen LogP contribution in [0.5, 0.6) is 0 Å². The van der Waals surface area contributed by atoms with Gasteiger partial charge >= 0.3 is 12.0 Å². The van der Waals surface area contributed by atoms with Crippen LogP contribution in [0.1, 0.15) is 12.0 Å². The van der Waals surface area contributed by atoms with Gasteiger partial charge in [-0.15, -0.1) is 0 Å². The van der Waals surface area contributed by atoms with Gasteiger partial charge in [-0.1, -0.05) is 12.1 Å². The highest BCUT2D eigenvalue weighted by atomic mass is 16.5. The number of amides is 2. The number of benzene rings is 1. The third-order valence-corrected chi connectivity index (χ3v) is 2.50. The Morgan fingerprint density at radius 1 is 1.42 bits per heavy atom. The van der Waals surface area contributed by atoms with Gasteiger partial charge in [0.25, 0.3) is 0 Å². The molecule has 1 rings (SSSR count). The summed E-state index contributed by atoms with van der Waals surface area (Å²) in [5.41, 5.74) is 1.73. The van der Waals surface area contributed by atoms with Crippen molar-refractivity contribution < 1.29 is 19.4 Å². The summed E-state index contributed by atoms with van der Waals surface area (Å²) in [6.07, 6.45) is -0.693. The van der Waals surface area contributed by atoms with Gasteiger partial charge in [-0.2, -0.15) is 0 Å². The maximum atomic E-state index is 11.6. The normalized spacial score (nSPS) is 11.7. The van der Waals surface area contributed by atoms with Crippen LogP contribution in [0.4, 0.5) is 10.5 Å². The van der Waals surface area contributed by atoms with Crippen LogP contribution in [-0.2, 0) is 9.53 Å². The lowest BCUT2D eigenvalue weighted by Gasteiger charge is -2.14. The third kappa shape index (κ3) is 5.87. The molecule has 0 spiro atoms. The molecule has 3 N–H and O–H groups in total. The highest BCUT2D eigenvalue weighted by Gasteiger charge is 2.13. The Labute approximate surface area is 111 Å². The van der Waals surface area contributed by atoms with E-state index in [0.717, 1.165) is 5.56 Å². The van der Waals surface area contributed by atoms with Crippen molar-refractivity contribution >= 4 is 17.7 Å². The Bertz CT molecular complexity index is 448. The molecule has 104 valence electrons. The van der Waals surface area contributed by atoms with Gasteiger partial charge in [0.1, 0.15) is 0 Å². The number of rotatable bonds is 6. The van der Waals surface area contributed by atoms with E-state index in [1.165, 1.54) is 7.11 Å². The van der Waals surface area contributed by atoms with Crippen molar-refractivity contribution in [3.05, 3.63) is 29.8 Å². The molecule has 0 radical (unpaired) electrons. The minimum atomic E-state index is -0.965. The standard InChI is InChI=1S/C13H18N2O4/c1-9-4-3-5-10(6-9)15-13(18)14-8-11(19-2)7-12(16)17/h3-6,11H,7-8H2,1-2H3,(H,16,17)(H2,14,15,18). The summed E-state index contributed by atoms with van der Waals surface area (Å²) in [5.74, 6) is -0.965. The summed E-state index contributed by atoms with van der Waals surface area (Å²) < 4.78 is 4.96. The summed E-state index contributed by atoms with van der Waals surface area (Å²) in [6, 6.07) is 6.99. The largest absolute Gasteiger partial charge is 0.481 e. The number of aryl methyl sites for hydroxylation is 1. The van der Waals surface area contributed by atoms with E-state index in [2.05, 4.69) is 10.6 Å². The van der Waals surface area contributed by atoms with Gasteiger partial charge < -0.3 is 20.5 Å². The Morgan fingerprint density at radius 2 is 2.16 bits per heavy atom. The smallest absolute Gasteiger partial charge is 0.319 e. The zero-order valence-corrected chi connectivity index (χ0v) is 11.0. The summed E-state index contributed by atoms with van der Waals surface area (Å²) >= 11 is 0. The SMILES string of the molecule is COC(CNC(=O)Nc1cccc(C)c1)CC(=O)O. The number of urea groups is 1. The van der Waals surface area contributed by atoms with E-state index in [9.17, 15) is 9.59 Å². The van der Waals surface area contributed by atoms with Crippen molar-refractivity contribution in [3.8, 4) is 0 Å². The second-order valence-electron chi connectivity index (χ2n) is 4.16. The Morgan fingerprint density at radius 3 is 2.74 bits per heavy atom. The molecule has 6 nitrogen and oxygen atoms in total. The average Bonchev–Trinajstić information content (AvgIpc) is 2.34. The van der Waals surface area contributed by atoms with Crippen molar-refractivity contribution in [2.75, 3.05) is 19.0 Å². The fourth-order valence-corrected chi connectivity index (χ4v) is 1.54. The van der Waals surface area contributed by atoms with E-state index >= 15 is 0 Å². The molecule has 1 atom stereocenters. The second-order valence-corrected chi connectivity index (χ2v) is 4.16. The highest BCUT2D eigenvalue weighted by molar-refractivity contribution is 5.89. The van der Waals surface area contributed by atoms with Crippen LogP contribution >= 0.6 is 0 Å². The summed E-state index contributed by atoms with van der Waals surface area (Å²) in [5, 5.41) is 13.9. The monoisotopic (exact) mass is 266 g/mol. The number of carbonyl (C=O) groups is 2. The molecule has 1 unspecified atom stereocenters. The zero-order chi connectivity index (χ0) is 14.3. The van der Waals surface area contributed by atoms with Gasteiger partial charge in [-0.05, 0) is 24.6 Å². The first-order valence-electron chi connectivity index (χ1n) is 5.87. The molecule has 1 aromatic rings. The highest BCUT2D eigenvalue weighted by Crippen LogP contribution is 2.09. The van der Waals surface area contributed by atoms with E-state index < -0.39 is 18.1 Å². The summed E-state index contributed by atoms with van der Waals surface area (Å²) in [7, 11) is 1.41. The van der Waals surface area contributed by atoms with Gasteiger partial charge in [-0.3, -0.25) is 4.79 Å². The lowest BCUT2D eigenvalue weighted by molar-refractivity contribution is -0.139. The molecule has 0 heterocycles. The van der Waals surface area contributed by atoms with Crippen LogP contribution in [0, 0.1) is 6.92 Å². The first-order valence-corrected chi connectivity index (χ1v) is 5.87. The number of nitrogens with one attached hydrogen (secondary N) is 2. The molecule has 0 bridgehead atoms. The number of hydrogen-bond donors (Lipinski definition) is 3. The average molecular weight is 266 g/mol. The number of carbonyl (C=O) groups excluding carboxylic acids is 1. The minimum Gasteiger partial charge on any atom is -0.481 e. The van der Waals surface area contributed by atoms with E-state index in [0.29, 0.717) is 5.69 Å². The molecule has 0 aliphatic rings. The van der Waals surface area contributed by atoms with E-state index in [1.54, 1.807) is 6.07 Å². The van der Waals surface area contributed by atoms with Gasteiger partial charge in [0, 0.05) is 19.3 Å². The van der Waals surface area contributed by atoms with Gasteiger partial charge in [-0.25, -0.2) is 4.79 Å². The molecule has 0 fully saturated rings. The number of hydrogen-bond acceptors (Lipinski definition) is 3. The zero-order valence-electron chi connectivity index (χ0n) is 11.0. The second kappa shape index (κ2) is 7.38. The third-order valence-electron chi connectivity index (χ3n) is 2.50. The van der Waals surface area contributed by atoms with Gasteiger partial charge in [0.2, 0.25) is 0 Å². The molecular weight excluding hydrogens is 248 g/mol. The van der Waals surface area contributed by atoms with Crippen LogP contribution in [0.25, 0.3) is 0 Å². The fourth-order valence-electron chi connectivity index (χ4n) is 1.54. The Kier molecular flexibility index (Phi) is 5.81. The number of ether oxygens (including phenoxy) is 1. The molecule has 0 saturated carbocycles. The van der Waals surface area contributed by atoms with Gasteiger partial charge in [0.05, 0.1) is 12.5 Å². The molecule has 0 aliphatic carbocycles. The number of carboxylic acid groups (broad SMARTS) is 1. The Balaban J connectivity index is 2.40. The first kappa shape index (κ1) is 15.0. The maximum Gasteiger partial charge on any atom is 0.319 e. The molecule has 0 aromatic heterocycles. The predicted molar refractivity (Wildman–Crippen MR) is 71.3 cm³/mol. The van der Waals surface area contributed by atoms with Crippen LogP contribution in [-0.4, -0.2) is 36.9 Å². The van der Waals surface area contributed by atoms with Crippen molar-refractivity contribution in [2.45, 2.75) is 19.4 Å².